The van der Waals surface area contributed by atoms with Crippen molar-refractivity contribution < 1.29 is 27.3 Å². The number of halogens is 3. The summed E-state index contributed by atoms with van der Waals surface area (Å²) < 4.78 is 43.5. The van der Waals surface area contributed by atoms with Crippen molar-refractivity contribution in [3.8, 4) is 10.7 Å². The van der Waals surface area contributed by atoms with Crippen LogP contribution >= 0.6 is 11.3 Å². The van der Waals surface area contributed by atoms with E-state index in [1.54, 1.807) is 29.9 Å². The lowest BCUT2D eigenvalue weighted by molar-refractivity contribution is -0.159. The Hall–Kier alpha value is -2.73. The van der Waals surface area contributed by atoms with E-state index < -0.39 is 18.0 Å². The molecule has 0 aliphatic rings. The minimum atomic E-state index is -4.69. The third-order valence-corrected chi connectivity index (χ3v) is 4.75. The predicted molar refractivity (Wildman–Crippen MR) is 87.7 cm³/mol. The number of carbonyl (C=O) groups excluding carboxylic acids is 1. The Labute approximate surface area is 154 Å². The van der Waals surface area contributed by atoms with Gasteiger partial charge in [0.15, 0.2) is 0 Å². The molecule has 144 valence electrons. The molecule has 0 bridgehead atoms. The van der Waals surface area contributed by atoms with Crippen LogP contribution in [-0.4, -0.2) is 32.4 Å². The number of alkyl halides is 3. The van der Waals surface area contributed by atoms with Crippen LogP contribution in [0.15, 0.2) is 29.0 Å². The van der Waals surface area contributed by atoms with Gasteiger partial charge in [-0.1, -0.05) is 5.16 Å². The standard InChI is InChI=1S/C15H14F3N5O3S/c1-3-25-22-13(24)9-6-19-23(7-9)8(2)10-4-5-11(27-10)12-20-14(26-21-12)15(16,17)18/h4-8H,3H2,1-2H3,(H,22,24). The van der Waals surface area contributed by atoms with E-state index in [4.69, 9.17) is 4.84 Å². The third kappa shape index (κ3) is 4.17. The summed E-state index contributed by atoms with van der Waals surface area (Å²) in [5, 5.41) is 7.52. The second-order valence-electron chi connectivity index (χ2n) is 5.37. The number of hydrogen-bond acceptors (Lipinski definition) is 7. The minimum Gasteiger partial charge on any atom is -0.329 e. The first-order valence-electron chi connectivity index (χ1n) is 7.77. The Balaban J connectivity index is 1.75. The fraction of sp³-hybridized carbons (Fsp3) is 0.333. The summed E-state index contributed by atoms with van der Waals surface area (Å²) in [5.74, 6) is -1.95. The van der Waals surface area contributed by atoms with E-state index >= 15 is 0 Å². The van der Waals surface area contributed by atoms with Crippen LogP contribution in [0.3, 0.4) is 0 Å². The second kappa shape index (κ2) is 7.48. The molecule has 0 spiro atoms. The van der Waals surface area contributed by atoms with Gasteiger partial charge in [0.2, 0.25) is 5.82 Å². The monoisotopic (exact) mass is 401 g/mol. The Kier molecular flexibility index (Phi) is 5.28. The molecule has 0 saturated heterocycles. The first-order chi connectivity index (χ1) is 12.8. The van der Waals surface area contributed by atoms with Gasteiger partial charge in [-0.3, -0.25) is 14.3 Å². The normalized spacial score (nSPS) is 12.9. The SMILES string of the molecule is CCONC(=O)c1cnn(C(C)c2ccc(-c3noc(C(F)(F)F)n3)s2)c1. The highest BCUT2D eigenvalue weighted by molar-refractivity contribution is 7.15. The molecule has 3 aromatic heterocycles. The average Bonchev–Trinajstić information content (AvgIpc) is 3.37. The molecule has 1 amide bonds. The molecule has 3 aromatic rings. The Morgan fingerprint density at radius 3 is 2.89 bits per heavy atom. The van der Waals surface area contributed by atoms with Gasteiger partial charge in [0.05, 0.1) is 29.3 Å². The molecule has 1 atom stereocenters. The van der Waals surface area contributed by atoms with Crippen LogP contribution in [0, 0.1) is 0 Å². The molecular formula is C15H14F3N5O3S. The second-order valence-corrected chi connectivity index (χ2v) is 6.49. The summed E-state index contributed by atoms with van der Waals surface area (Å²) in [5.41, 5.74) is 2.59. The van der Waals surface area contributed by atoms with Gasteiger partial charge in [-0.15, -0.1) is 11.3 Å². The van der Waals surface area contributed by atoms with Crippen LogP contribution < -0.4 is 5.48 Å². The smallest absolute Gasteiger partial charge is 0.329 e. The van der Waals surface area contributed by atoms with Crippen LogP contribution in [0.2, 0.25) is 0 Å². The van der Waals surface area contributed by atoms with Crippen molar-refractivity contribution in [3.63, 3.8) is 0 Å². The molecule has 3 heterocycles. The van der Waals surface area contributed by atoms with Crippen molar-refractivity contribution in [2.75, 3.05) is 6.61 Å². The van der Waals surface area contributed by atoms with Gasteiger partial charge in [-0.2, -0.15) is 23.3 Å². The summed E-state index contributed by atoms with van der Waals surface area (Å²) in [7, 11) is 0. The number of thiophene rings is 1. The number of rotatable bonds is 6. The van der Waals surface area contributed by atoms with Crippen LogP contribution in [0.5, 0.6) is 0 Å². The van der Waals surface area contributed by atoms with Crippen LogP contribution in [0.1, 0.15) is 41.0 Å². The molecule has 0 radical (unpaired) electrons. The van der Waals surface area contributed by atoms with Gasteiger partial charge < -0.3 is 4.52 Å². The van der Waals surface area contributed by atoms with E-state index in [0.29, 0.717) is 17.0 Å². The summed E-state index contributed by atoms with van der Waals surface area (Å²) in [6.45, 7) is 3.91. The molecule has 0 aliphatic carbocycles. The number of hydroxylamine groups is 1. The molecule has 8 nitrogen and oxygen atoms in total. The van der Waals surface area contributed by atoms with E-state index in [1.165, 1.54) is 17.5 Å². The zero-order valence-electron chi connectivity index (χ0n) is 14.1. The van der Waals surface area contributed by atoms with Crippen molar-refractivity contribution in [3.05, 3.63) is 40.9 Å². The predicted octanol–water partition coefficient (Wildman–Crippen LogP) is 3.30. The zero-order valence-corrected chi connectivity index (χ0v) is 15.0. The quantitative estimate of drug-likeness (QED) is 0.637. The number of aromatic nitrogens is 4. The summed E-state index contributed by atoms with van der Waals surface area (Å²) in [6, 6.07) is 3.08. The van der Waals surface area contributed by atoms with Gasteiger partial charge in [-0.25, -0.2) is 5.48 Å². The van der Waals surface area contributed by atoms with Crippen molar-refractivity contribution in [2.24, 2.45) is 0 Å². The fourth-order valence-corrected chi connectivity index (χ4v) is 3.11. The number of carbonyl (C=O) groups is 1. The summed E-state index contributed by atoms with van der Waals surface area (Å²) in [4.78, 5) is 21.3. The fourth-order valence-electron chi connectivity index (χ4n) is 2.13. The maximum atomic E-state index is 12.6. The van der Waals surface area contributed by atoms with Crippen LogP contribution in [-0.2, 0) is 11.0 Å². The van der Waals surface area contributed by atoms with Crippen molar-refractivity contribution in [1.29, 1.82) is 0 Å². The number of nitrogens with one attached hydrogen (secondary N) is 1. The highest BCUT2D eigenvalue weighted by Crippen LogP contribution is 2.34. The third-order valence-electron chi connectivity index (χ3n) is 3.50. The van der Waals surface area contributed by atoms with Crippen molar-refractivity contribution in [1.82, 2.24) is 25.4 Å². The Morgan fingerprint density at radius 1 is 1.44 bits per heavy atom. The summed E-state index contributed by atoms with van der Waals surface area (Å²) >= 11 is 1.21. The molecule has 27 heavy (non-hydrogen) atoms. The van der Waals surface area contributed by atoms with E-state index in [1.807, 2.05) is 6.92 Å². The number of nitrogens with zero attached hydrogens (tertiary/aromatic N) is 4. The van der Waals surface area contributed by atoms with Gasteiger partial charge >= 0.3 is 12.1 Å². The summed E-state index contributed by atoms with van der Waals surface area (Å²) in [6.07, 6.45) is -1.74. The number of hydrogen-bond donors (Lipinski definition) is 1. The lowest BCUT2D eigenvalue weighted by Gasteiger charge is -2.09. The van der Waals surface area contributed by atoms with Gasteiger partial charge in [-0.05, 0) is 26.0 Å². The Morgan fingerprint density at radius 2 is 2.22 bits per heavy atom. The molecule has 0 aromatic carbocycles. The van der Waals surface area contributed by atoms with E-state index in [-0.39, 0.29) is 11.9 Å². The zero-order chi connectivity index (χ0) is 19.6. The highest BCUT2D eigenvalue weighted by atomic mass is 32.1. The molecule has 0 saturated carbocycles. The Bertz CT molecular complexity index is 933. The van der Waals surface area contributed by atoms with E-state index in [0.717, 1.165) is 4.88 Å². The number of amides is 1. The van der Waals surface area contributed by atoms with Gasteiger partial charge in [0, 0.05) is 11.1 Å². The maximum Gasteiger partial charge on any atom is 0.471 e. The molecule has 0 fully saturated rings. The largest absolute Gasteiger partial charge is 0.471 e. The molecule has 1 unspecified atom stereocenters. The molecule has 3 rings (SSSR count). The molecule has 12 heteroatoms. The minimum absolute atomic E-state index is 0.136. The first-order valence-corrected chi connectivity index (χ1v) is 8.58. The van der Waals surface area contributed by atoms with E-state index in [2.05, 4.69) is 25.2 Å². The van der Waals surface area contributed by atoms with Gasteiger partial charge in [0.25, 0.3) is 5.91 Å². The molecule has 0 aliphatic heterocycles. The average molecular weight is 401 g/mol. The lowest BCUT2D eigenvalue weighted by Crippen LogP contribution is -2.23. The molecule has 1 N–H and O–H groups in total. The topological polar surface area (TPSA) is 95.1 Å². The van der Waals surface area contributed by atoms with Crippen molar-refractivity contribution >= 4 is 17.2 Å². The van der Waals surface area contributed by atoms with Crippen LogP contribution in [0.25, 0.3) is 10.7 Å². The molecular weight excluding hydrogens is 387 g/mol. The first kappa shape index (κ1) is 19.0. The lowest BCUT2D eigenvalue weighted by atomic mass is 10.2. The van der Waals surface area contributed by atoms with Crippen LogP contribution in [0.4, 0.5) is 13.2 Å². The maximum absolute atomic E-state index is 12.6. The van der Waals surface area contributed by atoms with Gasteiger partial charge in [0.1, 0.15) is 0 Å². The van der Waals surface area contributed by atoms with E-state index in [9.17, 15) is 18.0 Å². The van der Waals surface area contributed by atoms with Crippen molar-refractivity contribution in [2.45, 2.75) is 26.1 Å². The highest BCUT2D eigenvalue weighted by Gasteiger charge is 2.38.